The number of aromatic nitrogens is 4. The molecule has 3 aromatic rings. The fourth-order valence-electron chi connectivity index (χ4n) is 4.03. The van der Waals surface area contributed by atoms with Crippen LogP contribution in [0.4, 0.5) is 11.4 Å². The smallest absolute Gasteiger partial charge is 0.332 e. The van der Waals surface area contributed by atoms with Crippen LogP contribution in [0.25, 0.3) is 11.2 Å². The van der Waals surface area contributed by atoms with Crippen LogP contribution in [0.15, 0.2) is 40.2 Å². The Morgan fingerprint density at radius 3 is 2.52 bits per heavy atom. The fourth-order valence-corrected chi connectivity index (χ4v) is 4.03. The van der Waals surface area contributed by atoms with Crippen molar-refractivity contribution in [2.45, 2.75) is 13.5 Å². The van der Waals surface area contributed by atoms with Gasteiger partial charge in [-0.2, -0.15) is 0 Å². The number of likely N-dealkylation sites (N-methyl/N-ethyl adjacent to an activating group) is 1. The van der Waals surface area contributed by atoms with E-state index >= 15 is 0 Å². The number of piperazine rings is 1. The molecule has 10 heteroatoms. The number of anilines is 2. The summed E-state index contributed by atoms with van der Waals surface area (Å²) in [6.07, 6.45) is 1.48. The van der Waals surface area contributed by atoms with Crippen LogP contribution in [-0.2, 0) is 25.4 Å². The zero-order chi connectivity index (χ0) is 22.1. The standard InChI is InChI=1S/C21H27N7O3/c1-4-26-9-11-27(12-10-26)16-8-6-5-7-15(16)23-17(29)13-28-20(30)18-19(22-14-24(18)2)25(3)21(28)31/h5-8,14H,4,9-13H2,1-3H3,(H,23,29). The van der Waals surface area contributed by atoms with Gasteiger partial charge in [-0.15, -0.1) is 0 Å². The van der Waals surface area contributed by atoms with E-state index in [1.165, 1.54) is 17.9 Å². The number of benzene rings is 1. The van der Waals surface area contributed by atoms with Crippen molar-refractivity contribution in [3.63, 3.8) is 0 Å². The van der Waals surface area contributed by atoms with Gasteiger partial charge in [0.2, 0.25) is 5.91 Å². The lowest BCUT2D eigenvalue weighted by Crippen LogP contribution is -2.46. The van der Waals surface area contributed by atoms with Crippen molar-refractivity contribution in [3.05, 3.63) is 51.4 Å². The van der Waals surface area contributed by atoms with Crippen LogP contribution in [0.1, 0.15) is 6.92 Å². The minimum atomic E-state index is -0.574. The Morgan fingerprint density at radius 1 is 1.10 bits per heavy atom. The Balaban J connectivity index is 1.58. The van der Waals surface area contributed by atoms with Crippen LogP contribution in [0.5, 0.6) is 0 Å². The second kappa shape index (κ2) is 8.38. The first kappa shape index (κ1) is 20.9. The third-order valence-corrected chi connectivity index (χ3v) is 5.84. The number of imidazole rings is 1. The third kappa shape index (κ3) is 3.86. The number of hydrogen-bond acceptors (Lipinski definition) is 6. The Bertz CT molecular complexity index is 1230. The van der Waals surface area contributed by atoms with Crippen molar-refractivity contribution in [3.8, 4) is 0 Å². The summed E-state index contributed by atoms with van der Waals surface area (Å²) >= 11 is 0. The maximum atomic E-state index is 12.8. The van der Waals surface area contributed by atoms with Gasteiger partial charge in [-0.3, -0.25) is 14.2 Å². The molecule has 4 rings (SSSR count). The van der Waals surface area contributed by atoms with E-state index in [2.05, 4.69) is 27.0 Å². The fraction of sp³-hybridized carbons (Fsp3) is 0.429. The van der Waals surface area contributed by atoms with Gasteiger partial charge in [0.05, 0.1) is 17.7 Å². The number of amides is 1. The second-order valence-electron chi connectivity index (χ2n) is 7.75. The molecule has 0 radical (unpaired) electrons. The lowest BCUT2D eigenvalue weighted by molar-refractivity contribution is -0.116. The number of hydrogen-bond donors (Lipinski definition) is 1. The van der Waals surface area contributed by atoms with Crippen molar-refractivity contribution < 1.29 is 4.79 Å². The highest BCUT2D eigenvalue weighted by molar-refractivity contribution is 5.94. The van der Waals surface area contributed by atoms with Gasteiger partial charge in [0.25, 0.3) is 5.56 Å². The maximum Gasteiger partial charge on any atom is 0.332 e. The minimum Gasteiger partial charge on any atom is -0.367 e. The normalized spacial score (nSPS) is 14.9. The zero-order valence-electron chi connectivity index (χ0n) is 18.0. The first-order chi connectivity index (χ1) is 14.9. The minimum absolute atomic E-state index is 0.282. The van der Waals surface area contributed by atoms with Crippen molar-refractivity contribution in [2.75, 3.05) is 42.9 Å². The number of nitrogens with one attached hydrogen (secondary N) is 1. The summed E-state index contributed by atoms with van der Waals surface area (Å²) in [5.74, 6) is -0.430. The van der Waals surface area contributed by atoms with Gasteiger partial charge in [0.15, 0.2) is 11.2 Å². The van der Waals surface area contributed by atoms with Crippen LogP contribution in [0.3, 0.4) is 0 Å². The average Bonchev–Trinajstić information content (AvgIpc) is 3.17. The van der Waals surface area contributed by atoms with Gasteiger partial charge in [-0.1, -0.05) is 19.1 Å². The van der Waals surface area contributed by atoms with Gasteiger partial charge >= 0.3 is 5.69 Å². The molecule has 0 unspecified atom stereocenters. The van der Waals surface area contributed by atoms with Crippen LogP contribution in [-0.4, -0.2) is 62.2 Å². The van der Waals surface area contributed by atoms with Crippen molar-refractivity contribution in [2.24, 2.45) is 14.1 Å². The van der Waals surface area contributed by atoms with Crippen LogP contribution in [0.2, 0.25) is 0 Å². The van der Waals surface area contributed by atoms with Crippen LogP contribution < -0.4 is 21.5 Å². The van der Waals surface area contributed by atoms with Gasteiger partial charge in [-0.05, 0) is 18.7 Å². The highest BCUT2D eigenvalue weighted by Gasteiger charge is 2.20. The van der Waals surface area contributed by atoms with Crippen molar-refractivity contribution in [1.82, 2.24) is 23.6 Å². The summed E-state index contributed by atoms with van der Waals surface area (Å²) in [5.41, 5.74) is 1.08. The van der Waals surface area contributed by atoms with E-state index in [0.717, 1.165) is 43.0 Å². The van der Waals surface area contributed by atoms with E-state index in [9.17, 15) is 14.4 Å². The molecule has 3 heterocycles. The van der Waals surface area contributed by atoms with Crippen molar-refractivity contribution in [1.29, 1.82) is 0 Å². The summed E-state index contributed by atoms with van der Waals surface area (Å²) in [4.78, 5) is 47.1. The lowest BCUT2D eigenvalue weighted by Gasteiger charge is -2.36. The molecule has 2 aromatic heterocycles. The summed E-state index contributed by atoms with van der Waals surface area (Å²) in [7, 11) is 3.22. The quantitative estimate of drug-likeness (QED) is 0.628. The largest absolute Gasteiger partial charge is 0.367 e. The average molecular weight is 425 g/mol. The van der Waals surface area contributed by atoms with E-state index in [4.69, 9.17) is 0 Å². The predicted molar refractivity (Wildman–Crippen MR) is 120 cm³/mol. The molecule has 31 heavy (non-hydrogen) atoms. The second-order valence-corrected chi connectivity index (χ2v) is 7.75. The van der Waals surface area contributed by atoms with E-state index in [1.54, 1.807) is 11.6 Å². The molecule has 1 saturated heterocycles. The molecule has 164 valence electrons. The number of para-hydroxylation sites is 2. The Kier molecular flexibility index (Phi) is 5.64. The summed E-state index contributed by atoms with van der Waals surface area (Å²) in [6, 6.07) is 7.61. The van der Waals surface area contributed by atoms with E-state index < -0.39 is 17.2 Å². The van der Waals surface area contributed by atoms with E-state index in [0.29, 0.717) is 11.3 Å². The van der Waals surface area contributed by atoms with Gasteiger partial charge in [0.1, 0.15) is 6.54 Å². The molecule has 0 atom stereocenters. The molecule has 1 N–H and O–H groups in total. The molecule has 1 aliphatic heterocycles. The van der Waals surface area contributed by atoms with Crippen LogP contribution in [0, 0.1) is 0 Å². The molecule has 1 aromatic carbocycles. The Labute approximate surface area is 179 Å². The number of aryl methyl sites for hydroxylation is 2. The molecule has 1 amide bonds. The van der Waals surface area contributed by atoms with Gasteiger partial charge in [0, 0.05) is 40.3 Å². The predicted octanol–water partition coefficient (Wildman–Crippen LogP) is 0.214. The molecule has 0 bridgehead atoms. The first-order valence-electron chi connectivity index (χ1n) is 10.4. The SMILES string of the molecule is CCN1CCN(c2ccccc2NC(=O)Cn2c(=O)c3c(ncn3C)n(C)c2=O)CC1. The lowest BCUT2D eigenvalue weighted by atomic mass is 10.2. The number of rotatable bonds is 5. The van der Waals surface area contributed by atoms with E-state index in [-0.39, 0.29) is 12.1 Å². The summed E-state index contributed by atoms with van der Waals surface area (Å²) in [6.45, 7) is 6.49. The topological polar surface area (TPSA) is 97.4 Å². The number of carbonyl (C=O) groups excluding carboxylic acids is 1. The van der Waals surface area contributed by atoms with Crippen molar-refractivity contribution >= 4 is 28.4 Å². The number of nitrogens with zero attached hydrogens (tertiary/aromatic N) is 6. The van der Waals surface area contributed by atoms with Crippen LogP contribution >= 0.6 is 0 Å². The molecule has 0 aliphatic carbocycles. The molecule has 1 fully saturated rings. The number of fused-ring (bicyclic) bond motifs is 1. The molecule has 0 spiro atoms. The monoisotopic (exact) mass is 425 g/mol. The van der Waals surface area contributed by atoms with Gasteiger partial charge in [-0.25, -0.2) is 14.3 Å². The highest BCUT2D eigenvalue weighted by atomic mass is 16.2. The summed E-state index contributed by atoms with van der Waals surface area (Å²) < 4.78 is 3.78. The first-order valence-corrected chi connectivity index (χ1v) is 10.4. The Morgan fingerprint density at radius 2 is 1.81 bits per heavy atom. The number of carbonyl (C=O) groups is 1. The molecular weight excluding hydrogens is 398 g/mol. The molecule has 10 nitrogen and oxygen atoms in total. The van der Waals surface area contributed by atoms with Gasteiger partial charge < -0.3 is 19.7 Å². The third-order valence-electron chi connectivity index (χ3n) is 5.84. The maximum absolute atomic E-state index is 12.8. The molecule has 0 saturated carbocycles. The highest BCUT2D eigenvalue weighted by Crippen LogP contribution is 2.26. The molecular formula is C21H27N7O3. The Hall–Kier alpha value is -3.40. The summed E-state index contributed by atoms with van der Waals surface area (Å²) in [5, 5.41) is 2.89. The zero-order valence-corrected chi connectivity index (χ0v) is 18.0. The van der Waals surface area contributed by atoms with E-state index in [1.807, 2.05) is 24.3 Å². The molecule has 1 aliphatic rings.